The summed E-state index contributed by atoms with van der Waals surface area (Å²) in [6.45, 7) is 0. The number of rotatable bonds is 0. The Balaban J connectivity index is 0.000000360. The molecular formula is C3H5N2PRu. The number of aromatic amines is 1. The van der Waals surface area contributed by atoms with Gasteiger partial charge < -0.3 is 4.98 Å². The van der Waals surface area contributed by atoms with Gasteiger partial charge in [0.1, 0.15) is 5.57 Å². The quantitative estimate of drug-likeness (QED) is 0.461. The number of nitrogens with one attached hydrogen (secondary N) is 1. The smallest absolute Gasteiger partial charge is 0.122 e. The van der Waals surface area contributed by atoms with E-state index in [2.05, 4.69) is 19.2 Å². The molecule has 1 rings (SSSR count). The first kappa shape index (κ1) is 7.26. The third-order valence-corrected chi connectivity index (χ3v) is 0.835. The Bertz CT molecular complexity index is 116. The Morgan fingerprint density at radius 2 is 2.43 bits per heavy atom. The number of nitrogens with zero attached hydrogens (tertiary/aromatic N) is 1. The van der Waals surface area contributed by atoms with E-state index in [0.29, 0.717) is 0 Å². The average Bonchev–Trinajstić information content (AvgIpc) is 1.86. The number of H-pyrrole nitrogens is 1. The number of imidazole rings is 1. The van der Waals surface area contributed by atoms with E-state index in [1.165, 1.54) is 0 Å². The van der Waals surface area contributed by atoms with Crippen LogP contribution in [0.1, 0.15) is 0 Å². The van der Waals surface area contributed by atoms with Gasteiger partial charge in [0.2, 0.25) is 0 Å². The molecule has 0 fully saturated rings. The molecule has 2 nitrogen and oxygen atoms in total. The van der Waals surface area contributed by atoms with Crippen molar-refractivity contribution < 1.29 is 19.5 Å². The second kappa shape index (κ2) is 3.29. The second-order valence-electron chi connectivity index (χ2n) is 0.974. The van der Waals surface area contributed by atoms with E-state index < -0.39 is 0 Å². The molecule has 0 aromatic carbocycles. The van der Waals surface area contributed by atoms with E-state index in [9.17, 15) is 0 Å². The van der Waals surface area contributed by atoms with Crippen molar-refractivity contribution in [2.45, 2.75) is 0 Å². The monoisotopic (exact) mass is 202 g/mol. The zero-order valence-corrected chi connectivity index (χ0v) is 6.43. The van der Waals surface area contributed by atoms with Crippen molar-refractivity contribution in [1.29, 1.82) is 0 Å². The molecule has 0 spiro atoms. The fraction of sp³-hybridized carbons (Fsp3) is 0. The maximum atomic E-state index is 3.82. The minimum Gasteiger partial charge on any atom is -0.345 e. The van der Waals surface area contributed by atoms with Gasteiger partial charge in [0, 0.05) is 31.9 Å². The zero-order chi connectivity index (χ0) is 4.41. The van der Waals surface area contributed by atoms with Gasteiger partial charge in [0.25, 0.3) is 0 Å². The van der Waals surface area contributed by atoms with Crippen molar-refractivity contribution in [2.75, 3.05) is 0 Å². The van der Waals surface area contributed by atoms with Gasteiger partial charge in [-0.05, 0) is 0 Å². The first-order valence-corrected chi connectivity index (χ1v) is 2.22. The van der Waals surface area contributed by atoms with E-state index in [1.54, 1.807) is 12.4 Å². The van der Waals surface area contributed by atoms with Crippen molar-refractivity contribution in [3.05, 3.63) is 12.4 Å². The molecule has 4 heteroatoms. The molecule has 0 saturated heterocycles. The Kier molecular flexibility index (Phi) is 3.41. The molecule has 1 heterocycles. The van der Waals surface area contributed by atoms with Gasteiger partial charge >= 0.3 is 0 Å². The summed E-state index contributed by atoms with van der Waals surface area (Å²) in [6.07, 6.45) is 3.49. The zero-order valence-electron chi connectivity index (χ0n) is 3.53. The molecule has 0 aliphatic heterocycles. The Labute approximate surface area is 57.1 Å². The van der Waals surface area contributed by atoms with Gasteiger partial charge in [0.15, 0.2) is 0 Å². The molecule has 40 valence electrons. The van der Waals surface area contributed by atoms with Crippen LogP contribution in [-0.4, -0.2) is 9.97 Å². The van der Waals surface area contributed by atoms with Crippen molar-refractivity contribution in [3.8, 4) is 0 Å². The van der Waals surface area contributed by atoms with Crippen molar-refractivity contribution in [2.24, 2.45) is 0 Å². The third-order valence-electron chi connectivity index (χ3n) is 0.519. The van der Waals surface area contributed by atoms with Crippen LogP contribution in [0.2, 0.25) is 0 Å². The minimum absolute atomic E-state index is 0. The number of aromatic nitrogens is 2. The van der Waals surface area contributed by atoms with Gasteiger partial charge in [-0.1, -0.05) is 9.24 Å². The molecule has 1 N–H and O–H groups in total. The Morgan fingerprint density at radius 1 is 1.71 bits per heavy atom. The Hall–Kier alpha value is 0.263. The summed E-state index contributed by atoms with van der Waals surface area (Å²) in [7, 11) is 2.45. The minimum atomic E-state index is 0. The van der Waals surface area contributed by atoms with Crippen molar-refractivity contribution in [1.82, 2.24) is 9.97 Å². The second-order valence-corrected chi connectivity index (χ2v) is 1.52. The largest absolute Gasteiger partial charge is 0.345 e. The van der Waals surface area contributed by atoms with Crippen molar-refractivity contribution in [3.63, 3.8) is 0 Å². The third kappa shape index (κ3) is 2.16. The van der Waals surface area contributed by atoms with E-state index in [1.807, 2.05) is 0 Å². The molecule has 0 aliphatic carbocycles. The Morgan fingerprint density at radius 3 is 2.57 bits per heavy atom. The van der Waals surface area contributed by atoms with Gasteiger partial charge in [-0.3, -0.25) is 0 Å². The molecule has 0 radical (unpaired) electrons. The summed E-state index contributed by atoms with van der Waals surface area (Å²) in [5, 5.41) is 0. The summed E-state index contributed by atoms with van der Waals surface area (Å²) in [5.41, 5.74) is 0.884. The fourth-order valence-electron chi connectivity index (χ4n) is 0.277. The molecule has 0 aliphatic rings. The molecule has 0 amide bonds. The van der Waals surface area contributed by atoms with Crippen LogP contribution in [0.4, 0.5) is 0 Å². The molecule has 7 heavy (non-hydrogen) atoms. The SMILES string of the molecule is Pc1ncc[nH]1.[Ru]. The molecule has 0 bridgehead atoms. The van der Waals surface area contributed by atoms with E-state index >= 15 is 0 Å². The maximum absolute atomic E-state index is 3.82. The van der Waals surface area contributed by atoms with E-state index in [0.717, 1.165) is 5.57 Å². The normalized spacial score (nSPS) is 7.57. The van der Waals surface area contributed by atoms with Crippen LogP contribution in [0.15, 0.2) is 12.4 Å². The first-order valence-electron chi connectivity index (χ1n) is 1.64. The molecule has 1 atom stereocenters. The fourth-order valence-corrected chi connectivity index (χ4v) is 0.460. The van der Waals surface area contributed by atoms with Crippen LogP contribution in [0.5, 0.6) is 0 Å². The maximum Gasteiger partial charge on any atom is 0.122 e. The van der Waals surface area contributed by atoms with E-state index in [4.69, 9.17) is 0 Å². The summed E-state index contributed by atoms with van der Waals surface area (Å²) in [4.78, 5) is 6.68. The van der Waals surface area contributed by atoms with Crippen LogP contribution in [0, 0.1) is 0 Å². The predicted molar refractivity (Wildman–Crippen MR) is 27.9 cm³/mol. The van der Waals surface area contributed by atoms with Gasteiger partial charge in [-0.15, -0.1) is 0 Å². The molecule has 1 unspecified atom stereocenters. The molecular weight excluding hydrogens is 196 g/mol. The molecule has 1 aromatic heterocycles. The van der Waals surface area contributed by atoms with Crippen molar-refractivity contribution >= 4 is 14.8 Å². The van der Waals surface area contributed by atoms with E-state index in [-0.39, 0.29) is 19.5 Å². The summed E-state index contributed by atoms with van der Waals surface area (Å²) < 4.78 is 0. The van der Waals surface area contributed by atoms with Crippen LogP contribution in [-0.2, 0) is 19.5 Å². The first-order chi connectivity index (χ1) is 2.89. The number of hydrogen-bond acceptors (Lipinski definition) is 1. The van der Waals surface area contributed by atoms with Crippen LogP contribution >= 0.6 is 9.24 Å². The topological polar surface area (TPSA) is 28.7 Å². The van der Waals surface area contributed by atoms with Gasteiger partial charge in [0.05, 0.1) is 0 Å². The van der Waals surface area contributed by atoms with Crippen LogP contribution < -0.4 is 5.57 Å². The summed E-state index contributed by atoms with van der Waals surface area (Å²) in [5.74, 6) is 0. The predicted octanol–water partition coefficient (Wildman–Crippen LogP) is -0.0924. The molecule has 0 saturated carbocycles. The number of hydrogen-bond donors (Lipinski definition) is 1. The van der Waals surface area contributed by atoms with Crippen LogP contribution in [0.3, 0.4) is 0 Å². The summed E-state index contributed by atoms with van der Waals surface area (Å²) >= 11 is 0. The van der Waals surface area contributed by atoms with Crippen LogP contribution in [0.25, 0.3) is 0 Å². The standard InChI is InChI=1S/C3H5N2P.Ru/c6-3-4-1-2-5-3;/h1-2H,6H2,(H,4,5);. The van der Waals surface area contributed by atoms with Gasteiger partial charge in [-0.25, -0.2) is 4.98 Å². The average molecular weight is 201 g/mol. The summed E-state index contributed by atoms with van der Waals surface area (Å²) in [6, 6.07) is 0. The molecule has 1 aromatic rings. The van der Waals surface area contributed by atoms with Gasteiger partial charge in [-0.2, -0.15) is 0 Å².